The van der Waals surface area contributed by atoms with Gasteiger partial charge < -0.3 is 9.64 Å². The number of ketones is 1. The molecule has 0 bridgehead atoms. The van der Waals surface area contributed by atoms with E-state index in [1.165, 1.54) is 31.4 Å². The lowest BCUT2D eigenvalue weighted by Gasteiger charge is -2.32. The molecule has 1 aliphatic heterocycles. The number of Topliss-reactive ketones (excluding diaryl/α,β-unsaturated/α-hetero) is 1. The van der Waals surface area contributed by atoms with Crippen LogP contribution in [0.15, 0.2) is 18.2 Å². The van der Waals surface area contributed by atoms with Gasteiger partial charge in [0, 0.05) is 18.0 Å². The first-order valence-corrected chi connectivity index (χ1v) is 8.23. The first kappa shape index (κ1) is 14.6. The number of rotatable bonds is 4. The largest absolute Gasteiger partial charge is 0.494 e. The highest BCUT2D eigenvalue weighted by Crippen LogP contribution is 2.26. The maximum absolute atomic E-state index is 11.8. The standard InChI is InChI=1S/C18H25NO2/c1-19-11-3-2-6-15(19)10-12-21-16-8-9-17-14(13-16)5-4-7-18(17)20/h8-9,13,15H,2-7,10-12H2,1H3. The fourth-order valence-electron chi connectivity index (χ4n) is 3.53. The van der Waals surface area contributed by atoms with Crippen LogP contribution in [0.4, 0.5) is 0 Å². The lowest BCUT2D eigenvalue weighted by molar-refractivity contribution is 0.0972. The number of carbonyl (C=O) groups excluding carboxylic acids is 1. The normalized spacial score (nSPS) is 22.9. The Morgan fingerprint density at radius 1 is 1.24 bits per heavy atom. The fraction of sp³-hybridized carbons (Fsp3) is 0.611. The quantitative estimate of drug-likeness (QED) is 0.849. The van der Waals surface area contributed by atoms with Crippen LogP contribution >= 0.6 is 0 Å². The molecule has 114 valence electrons. The number of likely N-dealkylation sites (tertiary alicyclic amines) is 1. The summed E-state index contributed by atoms with van der Waals surface area (Å²) in [6.07, 6.45) is 7.72. The molecule has 1 heterocycles. The Morgan fingerprint density at radius 3 is 3.00 bits per heavy atom. The summed E-state index contributed by atoms with van der Waals surface area (Å²) in [7, 11) is 2.22. The van der Waals surface area contributed by atoms with Crippen molar-refractivity contribution in [3.05, 3.63) is 29.3 Å². The number of benzene rings is 1. The minimum absolute atomic E-state index is 0.284. The van der Waals surface area contributed by atoms with Crippen LogP contribution in [0.2, 0.25) is 0 Å². The first-order chi connectivity index (χ1) is 10.2. The van der Waals surface area contributed by atoms with Crippen molar-refractivity contribution in [1.29, 1.82) is 0 Å². The van der Waals surface area contributed by atoms with Crippen molar-refractivity contribution in [2.24, 2.45) is 0 Å². The summed E-state index contributed by atoms with van der Waals surface area (Å²) in [5.74, 6) is 1.20. The van der Waals surface area contributed by atoms with Crippen LogP contribution < -0.4 is 4.74 Å². The van der Waals surface area contributed by atoms with E-state index in [0.717, 1.165) is 37.2 Å². The molecule has 1 aromatic carbocycles. The summed E-state index contributed by atoms with van der Waals surface area (Å²) < 4.78 is 5.92. The molecule has 1 aliphatic carbocycles. The molecule has 3 rings (SSSR count). The Kier molecular flexibility index (Phi) is 4.59. The second kappa shape index (κ2) is 6.61. The molecule has 0 saturated carbocycles. The van der Waals surface area contributed by atoms with Gasteiger partial charge in [-0.25, -0.2) is 0 Å². The molecule has 21 heavy (non-hydrogen) atoms. The van der Waals surface area contributed by atoms with Gasteiger partial charge in [-0.15, -0.1) is 0 Å². The van der Waals surface area contributed by atoms with Crippen molar-refractivity contribution < 1.29 is 9.53 Å². The third kappa shape index (κ3) is 3.46. The average molecular weight is 287 g/mol. The van der Waals surface area contributed by atoms with Crippen LogP contribution in [-0.4, -0.2) is 36.9 Å². The number of aryl methyl sites for hydroxylation is 1. The molecular formula is C18H25NO2. The smallest absolute Gasteiger partial charge is 0.163 e. The highest BCUT2D eigenvalue weighted by molar-refractivity contribution is 5.98. The van der Waals surface area contributed by atoms with E-state index in [0.29, 0.717) is 12.5 Å². The monoisotopic (exact) mass is 287 g/mol. The fourth-order valence-corrected chi connectivity index (χ4v) is 3.53. The Balaban J connectivity index is 1.55. The van der Waals surface area contributed by atoms with Gasteiger partial charge in [0.15, 0.2) is 5.78 Å². The maximum Gasteiger partial charge on any atom is 0.163 e. The van der Waals surface area contributed by atoms with E-state index in [2.05, 4.69) is 18.0 Å². The Labute approximate surface area is 127 Å². The van der Waals surface area contributed by atoms with Crippen LogP contribution in [0, 0.1) is 0 Å². The molecular weight excluding hydrogens is 262 g/mol. The second-order valence-corrected chi connectivity index (χ2v) is 6.36. The zero-order chi connectivity index (χ0) is 14.7. The lowest BCUT2D eigenvalue weighted by atomic mass is 9.90. The highest BCUT2D eigenvalue weighted by atomic mass is 16.5. The molecule has 0 spiro atoms. The summed E-state index contributed by atoms with van der Waals surface area (Å²) in [4.78, 5) is 14.3. The molecule has 0 amide bonds. The summed E-state index contributed by atoms with van der Waals surface area (Å²) >= 11 is 0. The van der Waals surface area contributed by atoms with E-state index in [1.807, 2.05) is 12.1 Å². The number of carbonyl (C=O) groups is 1. The van der Waals surface area contributed by atoms with Crippen molar-refractivity contribution in [2.75, 3.05) is 20.2 Å². The molecule has 1 aromatic rings. The van der Waals surface area contributed by atoms with E-state index >= 15 is 0 Å². The van der Waals surface area contributed by atoms with Gasteiger partial charge >= 0.3 is 0 Å². The van der Waals surface area contributed by atoms with E-state index in [1.54, 1.807) is 0 Å². The van der Waals surface area contributed by atoms with E-state index in [4.69, 9.17) is 4.74 Å². The van der Waals surface area contributed by atoms with Gasteiger partial charge in [-0.3, -0.25) is 4.79 Å². The zero-order valence-corrected chi connectivity index (χ0v) is 12.9. The second-order valence-electron chi connectivity index (χ2n) is 6.36. The molecule has 1 saturated heterocycles. The van der Waals surface area contributed by atoms with Crippen molar-refractivity contribution in [1.82, 2.24) is 4.90 Å². The molecule has 1 atom stereocenters. The topological polar surface area (TPSA) is 29.5 Å². The highest BCUT2D eigenvalue weighted by Gasteiger charge is 2.19. The minimum Gasteiger partial charge on any atom is -0.494 e. The summed E-state index contributed by atoms with van der Waals surface area (Å²) in [6, 6.07) is 6.63. The Hall–Kier alpha value is -1.35. The number of piperidine rings is 1. The molecule has 0 aromatic heterocycles. The first-order valence-electron chi connectivity index (χ1n) is 8.23. The van der Waals surface area contributed by atoms with Crippen LogP contribution in [-0.2, 0) is 6.42 Å². The number of ether oxygens (including phenoxy) is 1. The third-order valence-electron chi connectivity index (χ3n) is 4.87. The summed E-state index contributed by atoms with van der Waals surface area (Å²) in [5.41, 5.74) is 2.07. The predicted octanol–water partition coefficient (Wildman–Crippen LogP) is 3.46. The SMILES string of the molecule is CN1CCCCC1CCOc1ccc2c(c1)CCCC2=O. The molecule has 0 N–H and O–H groups in total. The molecule has 3 heteroatoms. The van der Waals surface area contributed by atoms with Gasteiger partial charge in [-0.05, 0) is 69.5 Å². The van der Waals surface area contributed by atoms with E-state index in [-0.39, 0.29) is 5.78 Å². The van der Waals surface area contributed by atoms with E-state index in [9.17, 15) is 4.79 Å². The van der Waals surface area contributed by atoms with Crippen LogP contribution in [0.1, 0.15) is 54.4 Å². The summed E-state index contributed by atoms with van der Waals surface area (Å²) in [6.45, 7) is 1.98. The molecule has 2 aliphatic rings. The summed E-state index contributed by atoms with van der Waals surface area (Å²) in [5, 5.41) is 0. The van der Waals surface area contributed by atoms with Crippen molar-refractivity contribution in [3.63, 3.8) is 0 Å². The van der Waals surface area contributed by atoms with Crippen molar-refractivity contribution in [3.8, 4) is 5.75 Å². The maximum atomic E-state index is 11.8. The van der Waals surface area contributed by atoms with Crippen molar-refractivity contribution in [2.45, 2.75) is 51.0 Å². The molecule has 1 fully saturated rings. The molecule has 1 unspecified atom stereocenters. The molecule has 3 nitrogen and oxygen atoms in total. The zero-order valence-electron chi connectivity index (χ0n) is 12.9. The van der Waals surface area contributed by atoms with Crippen molar-refractivity contribution >= 4 is 5.78 Å². The van der Waals surface area contributed by atoms with Crippen LogP contribution in [0.3, 0.4) is 0 Å². The Morgan fingerprint density at radius 2 is 2.14 bits per heavy atom. The minimum atomic E-state index is 0.284. The lowest BCUT2D eigenvalue weighted by Crippen LogP contribution is -2.37. The van der Waals surface area contributed by atoms with Gasteiger partial charge in [0.05, 0.1) is 6.61 Å². The van der Waals surface area contributed by atoms with Crippen LogP contribution in [0.25, 0.3) is 0 Å². The Bertz CT molecular complexity index is 512. The number of fused-ring (bicyclic) bond motifs is 1. The van der Waals surface area contributed by atoms with Gasteiger partial charge in [0.25, 0.3) is 0 Å². The number of hydrogen-bond donors (Lipinski definition) is 0. The van der Waals surface area contributed by atoms with Gasteiger partial charge in [-0.2, -0.15) is 0 Å². The van der Waals surface area contributed by atoms with Gasteiger partial charge in [0.1, 0.15) is 5.75 Å². The average Bonchev–Trinajstić information content (AvgIpc) is 2.49. The van der Waals surface area contributed by atoms with Gasteiger partial charge in [-0.1, -0.05) is 6.42 Å². The number of hydrogen-bond acceptors (Lipinski definition) is 3. The van der Waals surface area contributed by atoms with E-state index < -0.39 is 0 Å². The number of nitrogens with zero attached hydrogens (tertiary/aromatic N) is 1. The van der Waals surface area contributed by atoms with Gasteiger partial charge in [0.2, 0.25) is 0 Å². The predicted molar refractivity (Wildman–Crippen MR) is 84.1 cm³/mol. The molecule has 0 radical (unpaired) electrons. The van der Waals surface area contributed by atoms with Crippen LogP contribution in [0.5, 0.6) is 5.75 Å². The third-order valence-corrected chi connectivity index (χ3v) is 4.87.